The first-order chi connectivity index (χ1) is 8.19. The second-order valence-corrected chi connectivity index (χ2v) is 4.53. The summed E-state index contributed by atoms with van der Waals surface area (Å²) in [6.45, 7) is 0. The third-order valence-electron chi connectivity index (χ3n) is 2.22. The van der Waals surface area contributed by atoms with Crippen LogP contribution in [-0.2, 0) is 11.2 Å². The number of benzene rings is 1. The van der Waals surface area contributed by atoms with Crippen LogP contribution in [0.1, 0.15) is 5.56 Å². The van der Waals surface area contributed by atoms with Crippen molar-refractivity contribution < 1.29 is 9.59 Å². The lowest BCUT2D eigenvalue weighted by atomic mass is 10.1. The van der Waals surface area contributed by atoms with Gasteiger partial charge in [0, 0.05) is 5.69 Å². The summed E-state index contributed by atoms with van der Waals surface area (Å²) in [5, 5.41) is 12.7. The van der Waals surface area contributed by atoms with Crippen molar-refractivity contribution in [3.05, 3.63) is 29.8 Å². The first-order valence-corrected chi connectivity index (χ1v) is 5.81. The Kier molecular flexibility index (Phi) is 3.30. The average molecular weight is 247 g/mol. The molecule has 0 aliphatic carbocycles. The predicted octanol–water partition coefficient (Wildman–Crippen LogP) is 1.47. The molecule has 1 saturated heterocycles. The third kappa shape index (κ3) is 2.77. The largest absolute Gasteiger partial charge is 0.365 e. The van der Waals surface area contributed by atoms with E-state index in [4.69, 9.17) is 5.26 Å². The number of carbonyl (C=O) groups is 2. The maximum Gasteiger partial charge on any atom is 0.288 e. The van der Waals surface area contributed by atoms with Gasteiger partial charge in [0.25, 0.3) is 11.1 Å². The quantitative estimate of drug-likeness (QED) is 0.845. The van der Waals surface area contributed by atoms with Crippen molar-refractivity contribution >= 4 is 28.6 Å². The molecule has 6 heteroatoms. The molecule has 86 valence electrons. The van der Waals surface area contributed by atoms with Crippen molar-refractivity contribution in [1.29, 1.82) is 5.26 Å². The molecule has 17 heavy (non-hydrogen) atoms. The van der Waals surface area contributed by atoms with E-state index in [-0.39, 0.29) is 11.1 Å². The van der Waals surface area contributed by atoms with Gasteiger partial charge in [-0.1, -0.05) is 12.1 Å². The van der Waals surface area contributed by atoms with E-state index in [2.05, 4.69) is 16.7 Å². The molecule has 2 rings (SSSR count). The highest BCUT2D eigenvalue weighted by Gasteiger charge is 2.31. The van der Waals surface area contributed by atoms with Crippen LogP contribution < -0.4 is 10.6 Å². The SMILES string of the molecule is N#CCc1ccc(NC2SC(=O)NC2=O)cc1. The van der Waals surface area contributed by atoms with Gasteiger partial charge >= 0.3 is 0 Å². The first kappa shape index (κ1) is 11.5. The van der Waals surface area contributed by atoms with E-state index in [9.17, 15) is 9.59 Å². The van der Waals surface area contributed by atoms with Crippen LogP contribution in [0.2, 0.25) is 0 Å². The van der Waals surface area contributed by atoms with Gasteiger partial charge in [-0.25, -0.2) is 0 Å². The molecule has 1 unspecified atom stereocenters. The van der Waals surface area contributed by atoms with Crippen molar-refractivity contribution in [2.24, 2.45) is 0 Å². The minimum Gasteiger partial charge on any atom is -0.365 e. The Balaban J connectivity index is 2.02. The van der Waals surface area contributed by atoms with Crippen molar-refractivity contribution in [3.63, 3.8) is 0 Å². The fraction of sp³-hybridized carbons (Fsp3) is 0.182. The lowest BCUT2D eigenvalue weighted by molar-refractivity contribution is -0.118. The number of carbonyl (C=O) groups excluding carboxylic acids is 2. The predicted molar refractivity (Wildman–Crippen MR) is 64.3 cm³/mol. The summed E-state index contributed by atoms with van der Waals surface area (Å²) in [6.07, 6.45) is 0.359. The molecule has 1 aromatic carbocycles. The molecular formula is C11H9N3O2S. The zero-order valence-corrected chi connectivity index (χ0v) is 9.58. The van der Waals surface area contributed by atoms with E-state index >= 15 is 0 Å². The average Bonchev–Trinajstić information content (AvgIpc) is 2.61. The molecule has 2 N–H and O–H groups in total. The highest BCUT2D eigenvalue weighted by Crippen LogP contribution is 2.21. The molecule has 0 spiro atoms. The smallest absolute Gasteiger partial charge is 0.288 e. The van der Waals surface area contributed by atoms with Crippen LogP contribution in [0.3, 0.4) is 0 Å². The summed E-state index contributed by atoms with van der Waals surface area (Å²) in [6, 6.07) is 9.24. The lowest BCUT2D eigenvalue weighted by Crippen LogP contribution is -2.29. The summed E-state index contributed by atoms with van der Waals surface area (Å²) >= 11 is 0.920. The molecule has 1 fully saturated rings. The van der Waals surface area contributed by atoms with E-state index in [1.54, 1.807) is 12.1 Å². The molecule has 1 aromatic rings. The topological polar surface area (TPSA) is 82.0 Å². The van der Waals surface area contributed by atoms with Crippen LogP contribution in [0.25, 0.3) is 0 Å². The molecule has 1 aliphatic rings. The van der Waals surface area contributed by atoms with Crippen LogP contribution in [0.15, 0.2) is 24.3 Å². The number of amides is 2. The van der Waals surface area contributed by atoms with Crippen LogP contribution in [0, 0.1) is 11.3 Å². The Labute approximate surface area is 102 Å². The van der Waals surface area contributed by atoms with Gasteiger partial charge in [-0.3, -0.25) is 14.9 Å². The second kappa shape index (κ2) is 4.89. The number of thioether (sulfide) groups is 1. The highest BCUT2D eigenvalue weighted by atomic mass is 32.2. The van der Waals surface area contributed by atoms with Crippen LogP contribution in [0.4, 0.5) is 10.5 Å². The standard InChI is InChI=1S/C11H9N3O2S/c12-6-5-7-1-3-8(4-2-7)13-10-9(15)14-11(16)17-10/h1-4,10,13H,5H2,(H,14,15,16). The van der Waals surface area contributed by atoms with Gasteiger partial charge in [-0.15, -0.1) is 0 Å². The van der Waals surface area contributed by atoms with Gasteiger partial charge in [-0.2, -0.15) is 5.26 Å². The molecule has 1 aliphatic heterocycles. The summed E-state index contributed by atoms with van der Waals surface area (Å²) in [5.74, 6) is -0.332. The number of hydrogen-bond acceptors (Lipinski definition) is 5. The van der Waals surface area contributed by atoms with E-state index in [1.807, 2.05) is 12.1 Å². The van der Waals surface area contributed by atoms with Gasteiger partial charge in [0.05, 0.1) is 12.5 Å². The van der Waals surface area contributed by atoms with Crippen molar-refractivity contribution in [1.82, 2.24) is 5.32 Å². The van der Waals surface area contributed by atoms with Crippen molar-refractivity contribution in [2.45, 2.75) is 11.8 Å². The van der Waals surface area contributed by atoms with E-state index in [0.29, 0.717) is 6.42 Å². The maximum atomic E-state index is 11.3. The third-order valence-corrected chi connectivity index (χ3v) is 3.11. The van der Waals surface area contributed by atoms with Gasteiger partial charge in [0.1, 0.15) is 0 Å². The van der Waals surface area contributed by atoms with Gasteiger partial charge in [0.2, 0.25) is 0 Å². The molecule has 1 heterocycles. The number of nitriles is 1. The van der Waals surface area contributed by atoms with Crippen molar-refractivity contribution in [2.75, 3.05) is 5.32 Å². The Hall–Kier alpha value is -2.00. The number of hydrogen-bond donors (Lipinski definition) is 2. The summed E-state index contributed by atoms with van der Waals surface area (Å²) < 4.78 is 0. The molecule has 5 nitrogen and oxygen atoms in total. The van der Waals surface area contributed by atoms with Crippen LogP contribution in [0.5, 0.6) is 0 Å². The maximum absolute atomic E-state index is 11.3. The Morgan fingerprint density at radius 1 is 1.35 bits per heavy atom. The molecule has 0 radical (unpaired) electrons. The fourth-order valence-electron chi connectivity index (χ4n) is 1.41. The molecule has 0 aromatic heterocycles. The summed E-state index contributed by atoms with van der Waals surface area (Å²) in [7, 11) is 0. The number of anilines is 1. The molecule has 0 saturated carbocycles. The van der Waals surface area contributed by atoms with Gasteiger partial charge in [0.15, 0.2) is 5.37 Å². The monoisotopic (exact) mass is 247 g/mol. The number of imide groups is 1. The molecule has 2 amide bonds. The zero-order chi connectivity index (χ0) is 12.3. The minimum absolute atomic E-state index is 0.332. The Bertz CT molecular complexity index is 492. The number of nitrogens with zero attached hydrogens (tertiary/aromatic N) is 1. The highest BCUT2D eigenvalue weighted by molar-refractivity contribution is 8.15. The molecular weight excluding hydrogens is 238 g/mol. The molecule has 1 atom stereocenters. The minimum atomic E-state index is -0.579. The molecule has 0 bridgehead atoms. The first-order valence-electron chi connectivity index (χ1n) is 4.93. The normalized spacial score (nSPS) is 18.6. The van der Waals surface area contributed by atoms with Crippen LogP contribution >= 0.6 is 11.8 Å². The van der Waals surface area contributed by atoms with Crippen LogP contribution in [-0.4, -0.2) is 16.5 Å². The lowest BCUT2D eigenvalue weighted by Gasteiger charge is -2.09. The van der Waals surface area contributed by atoms with E-state index in [0.717, 1.165) is 23.0 Å². The Morgan fingerprint density at radius 2 is 2.06 bits per heavy atom. The van der Waals surface area contributed by atoms with Gasteiger partial charge in [-0.05, 0) is 29.5 Å². The summed E-state index contributed by atoms with van der Waals surface area (Å²) in [5.41, 5.74) is 1.66. The summed E-state index contributed by atoms with van der Waals surface area (Å²) in [4.78, 5) is 22.2. The van der Waals surface area contributed by atoms with Gasteiger partial charge < -0.3 is 5.32 Å². The van der Waals surface area contributed by atoms with Crippen molar-refractivity contribution in [3.8, 4) is 6.07 Å². The number of rotatable bonds is 3. The fourth-order valence-corrected chi connectivity index (χ4v) is 2.15. The van der Waals surface area contributed by atoms with E-state index < -0.39 is 5.37 Å². The Morgan fingerprint density at radius 3 is 2.59 bits per heavy atom. The number of nitrogens with one attached hydrogen (secondary N) is 2. The second-order valence-electron chi connectivity index (χ2n) is 3.45. The zero-order valence-electron chi connectivity index (χ0n) is 8.77. The van der Waals surface area contributed by atoms with E-state index in [1.165, 1.54) is 0 Å².